The molecule has 0 aromatic rings. The van der Waals surface area contributed by atoms with Crippen molar-refractivity contribution < 1.29 is 0 Å². The molecule has 0 saturated carbocycles. The third-order valence-corrected chi connectivity index (χ3v) is 2.49. The minimum Gasteiger partial charge on any atom is -0.401 e. The number of unbranched alkanes of at least 4 members (excludes halogenated alkanes) is 1. The Morgan fingerprint density at radius 3 is 2.36 bits per heavy atom. The van der Waals surface area contributed by atoms with Crippen LogP contribution >= 0.6 is 0 Å². The molecule has 0 aliphatic rings. The van der Waals surface area contributed by atoms with Crippen molar-refractivity contribution >= 4 is 7.85 Å². The Morgan fingerprint density at radius 2 is 1.93 bits per heavy atom. The van der Waals surface area contributed by atoms with Gasteiger partial charge in [-0.05, 0) is 20.3 Å². The van der Waals surface area contributed by atoms with Gasteiger partial charge in [-0.2, -0.15) is 0 Å². The first-order valence-corrected chi connectivity index (χ1v) is 5.53. The quantitative estimate of drug-likeness (QED) is 0.405. The molecule has 0 amide bonds. The first kappa shape index (κ1) is 13.3. The maximum atomic E-state index is 6.04. The van der Waals surface area contributed by atoms with Crippen LogP contribution in [0.5, 0.6) is 0 Å². The zero-order chi connectivity index (χ0) is 11.2. The average molecular weight is 193 g/mol. The summed E-state index contributed by atoms with van der Waals surface area (Å²) in [6.45, 7) is 8.46. The van der Waals surface area contributed by atoms with E-state index in [1.54, 1.807) is 0 Å². The molecule has 0 aliphatic heterocycles. The second-order valence-corrected chi connectivity index (χ2v) is 4.68. The van der Waals surface area contributed by atoms with Gasteiger partial charge in [0.25, 0.3) is 0 Å². The molecule has 0 unspecified atom stereocenters. The van der Waals surface area contributed by atoms with Gasteiger partial charge in [0.1, 0.15) is 7.85 Å². The smallest absolute Gasteiger partial charge is 0.101 e. The average Bonchev–Trinajstić information content (AvgIpc) is 2.11. The van der Waals surface area contributed by atoms with Crippen LogP contribution in [0.15, 0.2) is 23.4 Å². The SMILES string of the molecule is BCCCC=CC(C)(C)C(N)=C(C)C. The molecule has 0 bridgehead atoms. The summed E-state index contributed by atoms with van der Waals surface area (Å²) in [5, 5.41) is 0. The molecule has 0 aromatic heterocycles. The second kappa shape index (κ2) is 5.95. The summed E-state index contributed by atoms with van der Waals surface area (Å²) in [6.07, 6.45) is 8.16. The molecule has 0 radical (unpaired) electrons. The fraction of sp³-hybridized carbons (Fsp3) is 0.667. The maximum Gasteiger partial charge on any atom is 0.101 e. The van der Waals surface area contributed by atoms with Crippen LogP contribution in [0, 0.1) is 5.41 Å². The Morgan fingerprint density at radius 1 is 1.36 bits per heavy atom. The maximum absolute atomic E-state index is 6.04. The lowest BCUT2D eigenvalue weighted by Crippen LogP contribution is -2.19. The van der Waals surface area contributed by atoms with Crippen molar-refractivity contribution in [2.45, 2.75) is 46.9 Å². The molecule has 0 aromatic carbocycles. The molecule has 0 spiro atoms. The van der Waals surface area contributed by atoms with Crippen molar-refractivity contribution in [3.63, 3.8) is 0 Å². The van der Waals surface area contributed by atoms with Gasteiger partial charge in [-0.25, -0.2) is 0 Å². The van der Waals surface area contributed by atoms with Crippen LogP contribution < -0.4 is 5.73 Å². The molecule has 0 aliphatic carbocycles. The van der Waals surface area contributed by atoms with Gasteiger partial charge in [-0.3, -0.25) is 0 Å². The molecule has 2 heteroatoms. The highest BCUT2D eigenvalue weighted by atomic mass is 14.6. The van der Waals surface area contributed by atoms with Crippen molar-refractivity contribution in [1.29, 1.82) is 0 Å². The van der Waals surface area contributed by atoms with Gasteiger partial charge in [0.05, 0.1) is 0 Å². The predicted molar refractivity (Wildman–Crippen MR) is 68.1 cm³/mol. The highest BCUT2D eigenvalue weighted by molar-refractivity contribution is 6.08. The highest BCUT2D eigenvalue weighted by Gasteiger charge is 2.17. The van der Waals surface area contributed by atoms with Gasteiger partial charge in [0, 0.05) is 11.1 Å². The molecule has 0 heterocycles. The summed E-state index contributed by atoms with van der Waals surface area (Å²) in [6, 6.07) is 0. The molecule has 14 heavy (non-hydrogen) atoms. The summed E-state index contributed by atoms with van der Waals surface area (Å²) in [4.78, 5) is 0. The second-order valence-electron chi connectivity index (χ2n) is 4.68. The van der Waals surface area contributed by atoms with Gasteiger partial charge in [-0.1, -0.05) is 44.3 Å². The first-order chi connectivity index (χ1) is 6.41. The molecule has 0 rings (SSSR count). The molecule has 1 nitrogen and oxygen atoms in total. The summed E-state index contributed by atoms with van der Waals surface area (Å²) in [5.74, 6) is 0. The van der Waals surface area contributed by atoms with Crippen LogP contribution in [0.3, 0.4) is 0 Å². The van der Waals surface area contributed by atoms with Gasteiger partial charge >= 0.3 is 0 Å². The molecule has 80 valence electrons. The Hall–Kier alpha value is -0.655. The van der Waals surface area contributed by atoms with E-state index in [9.17, 15) is 0 Å². The minimum absolute atomic E-state index is 0.00652. The number of hydrogen-bond acceptors (Lipinski definition) is 1. The third-order valence-electron chi connectivity index (χ3n) is 2.49. The molecular weight excluding hydrogens is 169 g/mol. The molecule has 0 fully saturated rings. The van der Waals surface area contributed by atoms with E-state index in [0.717, 1.165) is 12.1 Å². The van der Waals surface area contributed by atoms with E-state index >= 15 is 0 Å². The minimum atomic E-state index is 0.00652. The largest absolute Gasteiger partial charge is 0.401 e. The van der Waals surface area contributed by atoms with Crippen LogP contribution in [0.1, 0.15) is 40.5 Å². The molecular formula is C12H24BN. The third kappa shape index (κ3) is 4.54. The molecule has 2 N–H and O–H groups in total. The van der Waals surface area contributed by atoms with Crippen LogP contribution in [-0.4, -0.2) is 7.85 Å². The normalized spacial score (nSPS) is 12.0. The van der Waals surface area contributed by atoms with Gasteiger partial charge in [0.15, 0.2) is 0 Å². The monoisotopic (exact) mass is 193 g/mol. The lowest BCUT2D eigenvalue weighted by molar-refractivity contribution is 0.562. The standard InChI is InChI=1S/C12H24BN/c1-10(2)11(14)12(3,4)8-6-5-7-9-13/h6,8H,5,7,9,13-14H2,1-4H3. The lowest BCUT2D eigenvalue weighted by Gasteiger charge is -2.22. The Labute approximate surface area is 89.9 Å². The van der Waals surface area contributed by atoms with Crippen molar-refractivity contribution in [3.05, 3.63) is 23.4 Å². The van der Waals surface area contributed by atoms with Crippen LogP contribution in [0.4, 0.5) is 0 Å². The Balaban J connectivity index is 4.34. The van der Waals surface area contributed by atoms with Crippen molar-refractivity contribution in [1.82, 2.24) is 0 Å². The van der Waals surface area contributed by atoms with Gasteiger partial charge < -0.3 is 5.73 Å². The van der Waals surface area contributed by atoms with E-state index in [0.29, 0.717) is 0 Å². The summed E-state index contributed by atoms with van der Waals surface area (Å²) < 4.78 is 0. The highest BCUT2D eigenvalue weighted by Crippen LogP contribution is 2.26. The summed E-state index contributed by atoms with van der Waals surface area (Å²) in [7, 11) is 2.21. The van der Waals surface area contributed by atoms with E-state index in [4.69, 9.17) is 5.73 Å². The Kier molecular flexibility index (Phi) is 5.67. The topological polar surface area (TPSA) is 26.0 Å². The van der Waals surface area contributed by atoms with E-state index in [2.05, 4.69) is 47.7 Å². The lowest BCUT2D eigenvalue weighted by atomic mass is 9.86. The van der Waals surface area contributed by atoms with E-state index in [-0.39, 0.29) is 5.41 Å². The predicted octanol–water partition coefficient (Wildman–Crippen LogP) is 2.65. The van der Waals surface area contributed by atoms with Crippen molar-refractivity contribution in [2.75, 3.05) is 0 Å². The van der Waals surface area contributed by atoms with Gasteiger partial charge in [-0.15, -0.1) is 0 Å². The molecule has 0 saturated heterocycles. The number of rotatable bonds is 5. The van der Waals surface area contributed by atoms with Crippen molar-refractivity contribution in [2.24, 2.45) is 11.1 Å². The number of allylic oxidation sites excluding steroid dienone is 3. The fourth-order valence-electron chi connectivity index (χ4n) is 1.43. The zero-order valence-electron chi connectivity index (χ0n) is 10.4. The zero-order valence-corrected chi connectivity index (χ0v) is 10.4. The number of hydrogen-bond donors (Lipinski definition) is 1. The van der Waals surface area contributed by atoms with E-state index < -0.39 is 0 Å². The summed E-state index contributed by atoms with van der Waals surface area (Å²) >= 11 is 0. The number of nitrogens with two attached hydrogens (primary N) is 1. The van der Waals surface area contributed by atoms with Crippen LogP contribution in [-0.2, 0) is 0 Å². The van der Waals surface area contributed by atoms with E-state index in [1.165, 1.54) is 18.3 Å². The van der Waals surface area contributed by atoms with Crippen LogP contribution in [0.2, 0.25) is 6.32 Å². The Bertz CT molecular complexity index is 222. The van der Waals surface area contributed by atoms with Crippen molar-refractivity contribution in [3.8, 4) is 0 Å². The first-order valence-electron chi connectivity index (χ1n) is 5.53. The van der Waals surface area contributed by atoms with Gasteiger partial charge in [0.2, 0.25) is 0 Å². The molecule has 0 atom stereocenters. The van der Waals surface area contributed by atoms with E-state index in [1.807, 2.05) is 0 Å². The fourth-order valence-corrected chi connectivity index (χ4v) is 1.43. The van der Waals surface area contributed by atoms with Crippen LogP contribution in [0.25, 0.3) is 0 Å². The summed E-state index contributed by atoms with van der Waals surface area (Å²) in [5.41, 5.74) is 8.25.